The van der Waals surface area contributed by atoms with Crippen LogP contribution in [-0.2, 0) is 4.79 Å². The number of hydrogen-bond acceptors (Lipinski definition) is 5. The number of aliphatic hydroxyl groups excluding tert-OH is 2. The molecule has 0 fully saturated rings. The third-order valence-electron chi connectivity index (χ3n) is 2.79. The number of rotatable bonds is 4. The van der Waals surface area contributed by atoms with Gasteiger partial charge in [0.1, 0.15) is 6.10 Å². The molecule has 1 aromatic heterocycles. The summed E-state index contributed by atoms with van der Waals surface area (Å²) in [5.41, 5.74) is 0.967. The number of aliphatic hydroxyl groups is 2. The molecule has 3 N–H and O–H groups in total. The summed E-state index contributed by atoms with van der Waals surface area (Å²) in [5.74, 6) is -1.01. The van der Waals surface area contributed by atoms with Crippen LogP contribution in [0.2, 0.25) is 0 Å². The van der Waals surface area contributed by atoms with Gasteiger partial charge in [0.25, 0.3) is 0 Å². The largest absolute Gasteiger partial charge is 0.481 e. The minimum Gasteiger partial charge on any atom is -0.481 e. The second-order valence-electron chi connectivity index (χ2n) is 4.03. The summed E-state index contributed by atoms with van der Waals surface area (Å²) in [7, 11) is 1.51. The maximum Gasteiger partial charge on any atom is 0.335 e. The normalized spacial score (nSPS) is 14.1. The Hall–Kier alpha value is -2.18. The number of carboxylic acids is 1. The molecule has 1 aromatic carbocycles. The molecule has 0 aliphatic carbocycles. The average molecular weight is 263 g/mol. The minimum absolute atomic E-state index is 0.314. The molecule has 100 valence electrons. The highest BCUT2D eigenvalue weighted by Crippen LogP contribution is 2.23. The van der Waals surface area contributed by atoms with Crippen molar-refractivity contribution in [2.24, 2.45) is 0 Å². The van der Waals surface area contributed by atoms with Crippen molar-refractivity contribution in [1.29, 1.82) is 0 Å². The van der Waals surface area contributed by atoms with Crippen LogP contribution in [0, 0.1) is 0 Å². The molecule has 19 heavy (non-hydrogen) atoms. The van der Waals surface area contributed by atoms with Crippen molar-refractivity contribution in [2.75, 3.05) is 7.11 Å². The zero-order valence-corrected chi connectivity index (χ0v) is 10.1. The van der Waals surface area contributed by atoms with Gasteiger partial charge in [0.05, 0.1) is 12.6 Å². The lowest BCUT2D eigenvalue weighted by Crippen LogP contribution is -2.27. The van der Waals surface area contributed by atoms with E-state index in [2.05, 4.69) is 4.98 Å². The molecule has 0 spiro atoms. The van der Waals surface area contributed by atoms with Gasteiger partial charge in [-0.15, -0.1) is 0 Å². The molecule has 0 amide bonds. The van der Waals surface area contributed by atoms with E-state index in [-0.39, 0.29) is 0 Å². The first-order valence-electron chi connectivity index (χ1n) is 5.56. The number of methoxy groups -OCH3 is 1. The Labute approximate surface area is 108 Å². The average Bonchev–Trinajstić information content (AvgIpc) is 2.44. The van der Waals surface area contributed by atoms with Crippen molar-refractivity contribution in [3.63, 3.8) is 0 Å². The number of aromatic nitrogens is 1. The third-order valence-corrected chi connectivity index (χ3v) is 2.79. The SMILES string of the molecule is COc1ccc2cc(C(O)C(O)C(=O)O)ccc2n1. The number of ether oxygens (including phenoxy) is 1. The molecule has 0 saturated carbocycles. The predicted octanol–water partition coefficient (Wildman–Crippen LogP) is 0.722. The molecular weight excluding hydrogens is 250 g/mol. The van der Waals surface area contributed by atoms with Crippen molar-refractivity contribution in [1.82, 2.24) is 4.98 Å². The standard InChI is InChI=1S/C13H13NO5/c1-19-10-5-3-7-6-8(2-4-9(7)14-10)11(15)12(16)13(17)18/h2-6,11-12,15-16H,1H3,(H,17,18). The fourth-order valence-corrected chi connectivity index (χ4v) is 1.74. The molecular formula is C13H13NO5. The summed E-state index contributed by atoms with van der Waals surface area (Å²) in [6, 6.07) is 8.13. The van der Waals surface area contributed by atoms with Crippen molar-refractivity contribution in [3.05, 3.63) is 35.9 Å². The number of carboxylic acid groups (broad SMARTS) is 1. The van der Waals surface area contributed by atoms with Gasteiger partial charge in [-0.2, -0.15) is 0 Å². The van der Waals surface area contributed by atoms with E-state index < -0.39 is 18.2 Å². The van der Waals surface area contributed by atoms with Gasteiger partial charge in [-0.25, -0.2) is 9.78 Å². The van der Waals surface area contributed by atoms with Crippen LogP contribution in [0.15, 0.2) is 30.3 Å². The molecule has 0 aliphatic heterocycles. The molecule has 2 rings (SSSR count). The summed E-state index contributed by atoms with van der Waals surface area (Å²) in [6.45, 7) is 0. The topological polar surface area (TPSA) is 99.9 Å². The lowest BCUT2D eigenvalue weighted by molar-refractivity contribution is -0.153. The number of nitrogens with zero attached hydrogens (tertiary/aromatic N) is 1. The van der Waals surface area contributed by atoms with Gasteiger partial charge in [-0.3, -0.25) is 0 Å². The van der Waals surface area contributed by atoms with Gasteiger partial charge in [0, 0.05) is 11.5 Å². The van der Waals surface area contributed by atoms with Gasteiger partial charge in [-0.05, 0) is 23.8 Å². The molecule has 6 heteroatoms. The van der Waals surface area contributed by atoms with E-state index >= 15 is 0 Å². The number of pyridine rings is 1. The fraction of sp³-hybridized carbons (Fsp3) is 0.231. The number of benzene rings is 1. The summed E-state index contributed by atoms with van der Waals surface area (Å²) in [6.07, 6.45) is -3.34. The Morgan fingerprint density at radius 3 is 2.63 bits per heavy atom. The smallest absolute Gasteiger partial charge is 0.335 e. The molecule has 0 bridgehead atoms. The van der Waals surface area contributed by atoms with Crippen molar-refractivity contribution in [2.45, 2.75) is 12.2 Å². The quantitative estimate of drug-likeness (QED) is 0.751. The van der Waals surface area contributed by atoms with Crippen LogP contribution in [0.5, 0.6) is 5.88 Å². The second-order valence-corrected chi connectivity index (χ2v) is 4.03. The number of hydrogen-bond donors (Lipinski definition) is 3. The van der Waals surface area contributed by atoms with E-state index in [1.807, 2.05) is 0 Å². The zero-order chi connectivity index (χ0) is 14.0. The van der Waals surface area contributed by atoms with Crippen LogP contribution in [0.1, 0.15) is 11.7 Å². The van der Waals surface area contributed by atoms with Crippen LogP contribution in [0.25, 0.3) is 10.9 Å². The number of aliphatic carboxylic acids is 1. The van der Waals surface area contributed by atoms with Crippen LogP contribution >= 0.6 is 0 Å². The molecule has 0 aliphatic rings. The lowest BCUT2D eigenvalue weighted by atomic mass is 10.0. The highest BCUT2D eigenvalue weighted by molar-refractivity contribution is 5.80. The van der Waals surface area contributed by atoms with E-state index in [1.54, 1.807) is 24.3 Å². The summed E-state index contributed by atoms with van der Waals surface area (Å²) in [4.78, 5) is 14.8. The Balaban J connectivity index is 2.39. The Morgan fingerprint density at radius 1 is 1.26 bits per heavy atom. The van der Waals surface area contributed by atoms with E-state index in [9.17, 15) is 15.0 Å². The predicted molar refractivity (Wildman–Crippen MR) is 66.9 cm³/mol. The van der Waals surface area contributed by atoms with Crippen molar-refractivity contribution < 1.29 is 24.9 Å². The molecule has 2 atom stereocenters. The van der Waals surface area contributed by atoms with Crippen LogP contribution in [0.4, 0.5) is 0 Å². The number of fused-ring (bicyclic) bond motifs is 1. The van der Waals surface area contributed by atoms with E-state index in [1.165, 1.54) is 13.2 Å². The zero-order valence-electron chi connectivity index (χ0n) is 10.1. The molecule has 2 aromatic rings. The maximum atomic E-state index is 10.6. The number of carbonyl (C=O) groups is 1. The van der Waals surface area contributed by atoms with Gasteiger partial charge in [0.2, 0.25) is 5.88 Å². The highest BCUT2D eigenvalue weighted by atomic mass is 16.5. The first-order valence-corrected chi connectivity index (χ1v) is 5.56. The third kappa shape index (κ3) is 2.64. The first kappa shape index (κ1) is 13.3. The van der Waals surface area contributed by atoms with Crippen LogP contribution < -0.4 is 4.74 Å². The Bertz CT molecular complexity index is 613. The van der Waals surface area contributed by atoms with E-state index in [0.29, 0.717) is 17.0 Å². The lowest BCUT2D eigenvalue weighted by Gasteiger charge is -2.14. The van der Waals surface area contributed by atoms with Crippen molar-refractivity contribution in [3.8, 4) is 5.88 Å². The first-order chi connectivity index (χ1) is 9.02. The van der Waals surface area contributed by atoms with Gasteiger partial charge < -0.3 is 20.1 Å². The second kappa shape index (κ2) is 5.21. The van der Waals surface area contributed by atoms with Crippen molar-refractivity contribution >= 4 is 16.9 Å². The van der Waals surface area contributed by atoms with Crippen LogP contribution in [-0.4, -0.2) is 39.5 Å². The summed E-state index contributed by atoms with van der Waals surface area (Å²) in [5, 5.41) is 28.4. The van der Waals surface area contributed by atoms with Gasteiger partial charge >= 0.3 is 5.97 Å². The van der Waals surface area contributed by atoms with Gasteiger partial charge in [0.15, 0.2) is 6.10 Å². The monoisotopic (exact) mass is 263 g/mol. The molecule has 0 saturated heterocycles. The highest BCUT2D eigenvalue weighted by Gasteiger charge is 2.25. The molecule has 1 heterocycles. The van der Waals surface area contributed by atoms with Crippen LogP contribution in [0.3, 0.4) is 0 Å². The Morgan fingerprint density at radius 2 is 2.00 bits per heavy atom. The summed E-state index contributed by atoms with van der Waals surface area (Å²) < 4.78 is 4.99. The fourth-order valence-electron chi connectivity index (χ4n) is 1.74. The van der Waals surface area contributed by atoms with E-state index in [0.717, 1.165) is 5.39 Å². The molecule has 2 unspecified atom stereocenters. The Kier molecular flexibility index (Phi) is 3.64. The molecule has 6 nitrogen and oxygen atoms in total. The summed E-state index contributed by atoms with van der Waals surface area (Å²) >= 11 is 0. The maximum absolute atomic E-state index is 10.6. The van der Waals surface area contributed by atoms with E-state index in [4.69, 9.17) is 9.84 Å². The van der Waals surface area contributed by atoms with Gasteiger partial charge in [-0.1, -0.05) is 6.07 Å². The minimum atomic E-state index is -1.86. The molecule has 0 radical (unpaired) electrons.